The Labute approximate surface area is 104 Å². The van der Waals surface area contributed by atoms with Gasteiger partial charge in [0.2, 0.25) is 0 Å². The number of rotatable bonds is 4. The molecule has 0 bridgehead atoms. The van der Waals surface area contributed by atoms with Crippen molar-refractivity contribution < 1.29 is 19.4 Å². The SMILES string of the molecule is COC1CN(c2cnc(C(=O)O)cn2)CC1OC. The van der Waals surface area contributed by atoms with Crippen molar-refractivity contribution in [1.82, 2.24) is 9.97 Å². The maximum absolute atomic E-state index is 10.7. The standard InChI is InChI=1S/C11H15N3O4/c1-17-8-5-14(6-9(8)18-2)10-4-12-7(3-13-10)11(15)16/h3-4,8-9H,5-6H2,1-2H3,(H,15,16). The largest absolute Gasteiger partial charge is 0.476 e. The van der Waals surface area contributed by atoms with Crippen molar-refractivity contribution in [2.45, 2.75) is 12.2 Å². The van der Waals surface area contributed by atoms with Crippen LogP contribution in [0.5, 0.6) is 0 Å². The normalized spacial score (nSPS) is 23.3. The number of anilines is 1. The Morgan fingerprint density at radius 1 is 1.28 bits per heavy atom. The van der Waals surface area contributed by atoms with Gasteiger partial charge in [0.15, 0.2) is 5.69 Å². The topological polar surface area (TPSA) is 84.8 Å². The second-order valence-corrected chi connectivity index (χ2v) is 4.02. The van der Waals surface area contributed by atoms with Crippen LogP contribution >= 0.6 is 0 Å². The Balaban J connectivity index is 2.11. The first kappa shape index (κ1) is 12.7. The zero-order valence-corrected chi connectivity index (χ0v) is 10.2. The molecule has 0 aliphatic carbocycles. The van der Waals surface area contributed by atoms with E-state index in [1.54, 1.807) is 14.2 Å². The van der Waals surface area contributed by atoms with E-state index in [9.17, 15) is 4.79 Å². The summed E-state index contributed by atoms with van der Waals surface area (Å²) in [5, 5.41) is 8.75. The average Bonchev–Trinajstić information content (AvgIpc) is 2.82. The minimum atomic E-state index is -1.08. The van der Waals surface area contributed by atoms with Gasteiger partial charge in [-0.25, -0.2) is 14.8 Å². The lowest BCUT2D eigenvalue weighted by Gasteiger charge is -2.15. The second-order valence-electron chi connectivity index (χ2n) is 4.02. The van der Waals surface area contributed by atoms with Crippen LogP contribution in [0, 0.1) is 0 Å². The molecule has 1 aromatic rings. The third kappa shape index (κ3) is 2.41. The smallest absolute Gasteiger partial charge is 0.356 e. The monoisotopic (exact) mass is 253 g/mol. The number of aromatic carboxylic acids is 1. The molecule has 1 aliphatic rings. The number of carbonyl (C=O) groups is 1. The summed E-state index contributed by atoms with van der Waals surface area (Å²) in [6.07, 6.45) is 2.67. The number of aromatic nitrogens is 2. The van der Waals surface area contributed by atoms with E-state index in [0.717, 1.165) is 0 Å². The number of methoxy groups -OCH3 is 2. The third-order valence-electron chi connectivity index (χ3n) is 3.00. The molecule has 0 amide bonds. The molecule has 0 aromatic carbocycles. The van der Waals surface area contributed by atoms with E-state index >= 15 is 0 Å². The van der Waals surface area contributed by atoms with E-state index in [2.05, 4.69) is 9.97 Å². The average molecular weight is 253 g/mol. The van der Waals surface area contributed by atoms with Gasteiger partial charge in [0.25, 0.3) is 0 Å². The number of carboxylic acids is 1. The molecule has 0 radical (unpaired) electrons. The van der Waals surface area contributed by atoms with E-state index in [1.165, 1.54) is 12.4 Å². The van der Waals surface area contributed by atoms with Gasteiger partial charge in [-0.2, -0.15) is 0 Å². The highest BCUT2D eigenvalue weighted by atomic mass is 16.5. The lowest BCUT2D eigenvalue weighted by Crippen LogP contribution is -2.27. The van der Waals surface area contributed by atoms with Gasteiger partial charge in [-0.05, 0) is 0 Å². The lowest BCUT2D eigenvalue weighted by atomic mass is 10.3. The summed E-state index contributed by atoms with van der Waals surface area (Å²) in [5.74, 6) is -0.457. The van der Waals surface area contributed by atoms with Crippen LogP contribution < -0.4 is 4.90 Å². The van der Waals surface area contributed by atoms with Crippen LogP contribution in [0.3, 0.4) is 0 Å². The van der Waals surface area contributed by atoms with Crippen molar-refractivity contribution in [2.24, 2.45) is 0 Å². The number of ether oxygens (including phenoxy) is 2. The van der Waals surface area contributed by atoms with Crippen LogP contribution in [0.1, 0.15) is 10.5 Å². The summed E-state index contributed by atoms with van der Waals surface area (Å²) in [4.78, 5) is 20.6. The summed E-state index contributed by atoms with van der Waals surface area (Å²) in [7, 11) is 3.28. The Morgan fingerprint density at radius 3 is 2.28 bits per heavy atom. The van der Waals surface area contributed by atoms with E-state index in [0.29, 0.717) is 18.9 Å². The molecule has 1 saturated heterocycles. The second kappa shape index (κ2) is 5.28. The predicted octanol–water partition coefficient (Wildman–Crippen LogP) is 0.0248. The minimum Gasteiger partial charge on any atom is -0.476 e. The molecule has 7 heteroatoms. The molecule has 2 rings (SSSR count). The third-order valence-corrected chi connectivity index (χ3v) is 3.00. The van der Waals surface area contributed by atoms with Gasteiger partial charge in [-0.1, -0.05) is 0 Å². The molecule has 0 spiro atoms. The molecule has 1 N–H and O–H groups in total. The Bertz CT molecular complexity index is 411. The first-order chi connectivity index (χ1) is 8.65. The van der Waals surface area contributed by atoms with Gasteiger partial charge in [0.05, 0.1) is 12.4 Å². The van der Waals surface area contributed by atoms with Gasteiger partial charge in [0.1, 0.15) is 18.0 Å². The van der Waals surface area contributed by atoms with E-state index in [-0.39, 0.29) is 17.9 Å². The van der Waals surface area contributed by atoms with Crippen molar-refractivity contribution in [2.75, 3.05) is 32.2 Å². The summed E-state index contributed by atoms with van der Waals surface area (Å²) < 4.78 is 10.6. The maximum atomic E-state index is 10.7. The van der Waals surface area contributed by atoms with Crippen LogP contribution in [-0.4, -0.2) is 60.6 Å². The molecule has 7 nitrogen and oxygen atoms in total. The molecule has 2 atom stereocenters. The van der Waals surface area contributed by atoms with Gasteiger partial charge in [-0.3, -0.25) is 0 Å². The van der Waals surface area contributed by atoms with E-state index < -0.39 is 5.97 Å². The summed E-state index contributed by atoms with van der Waals surface area (Å²) in [6, 6.07) is 0. The first-order valence-corrected chi connectivity index (χ1v) is 5.51. The highest BCUT2D eigenvalue weighted by Crippen LogP contribution is 2.20. The molecule has 0 saturated carbocycles. The van der Waals surface area contributed by atoms with Crippen LogP contribution in [0.15, 0.2) is 12.4 Å². The van der Waals surface area contributed by atoms with E-state index in [4.69, 9.17) is 14.6 Å². The lowest BCUT2D eigenvalue weighted by molar-refractivity contribution is -0.00461. The predicted molar refractivity (Wildman–Crippen MR) is 62.8 cm³/mol. The van der Waals surface area contributed by atoms with Crippen molar-refractivity contribution in [1.29, 1.82) is 0 Å². The Kier molecular flexibility index (Phi) is 3.73. The molecule has 98 valence electrons. The summed E-state index contributed by atoms with van der Waals surface area (Å²) >= 11 is 0. The zero-order valence-electron chi connectivity index (χ0n) is 10.2. The molecule has 1 fully saturated rings. The fourth-order valence-corrected chi connectivity index (χ4v) is 1.98. The van der Waals surface area contributed by atoms with Crippen molar-refractivity contribution in [3.05, 3.63) is 18.1 Å². The van der Waals surface area contributed by atoms with Crippen molar-refractivity contribution >= 4 is 11.8 Å². The van der Waals surface area contributed by atoms with Crippen LogP contribution in [-0.2, 0) is 9.47 Å². The fraction of sp³-hybridized carbons (Fsp3) is 0.545. The minimum absolute atomic E-state index is 0.0176. The first-order valence-electron chi connectivity index (χ1n) is 5.51. The summed E-state index contributed by atoms with van der Waals surface area (Å²) in [6.45, 7) is 1.30. The van der Waals surface area contributed by atoms with Crippen molar-refractivity contribution in [3.8, 4) is 0 Å². The molecule has 2 heterocycles. The molecular formula is C11H15N3O4. The number of nitrogens with zero attached hydrogens (tertiary/aromatic N) is 3. The van der Waals surface area contributed by atoms with Crippen LogP contribution in [0.2, 0.25) is 0 Å². The van der Waals surface area contributed by atoms with Crippen LogP contribution in [0.25, 0.3) is 0 Å². The van der Waals surface area contributed by atoms with Gasteiger partial charge in [0, 0.05) is 27.3 Å². The number of carboxylic acid groups (broad SMARTS) is 1. The van der Waals surface area contributed by atoms with Gasteiger partial charge >= 0.3 is 5.97 Å². The number of hydrogen-bond donors (Lipinski definition) is 1. The summed E-state index contributed by atoms with van der Waals surface area (Å²) in [5.41, 5.74) is -0.0653. The highest BCUT2D eigenvalue weighted by Gasteiger charge is 2.33. The molecule has 18 heavy (non-hydrogen) atoms. The Hall–Kier alpha value is -1.73. The van der Waals surface area contributed by atoms with Gasteiger partial charge in [-0.15, -0.1) is 0 Å². The van der Waals surface area contributed by atoms with Gasteiger partial charge < -0.3 is 19.5 Å². The van der Waals surface area contributed by atoms with E-state index in [1.807, 2.05) is 4.90 Å². The zero-order chi connectivity index (χ0) is 13.1. The molecule has 1 aromatic heterocycles. The molecule has 1 aliphatic heterocycles. The van der Waals surface area contributed by atoms with Crippen molar-refractivity contribution in [3.63, 3.8) is 0 Å². The van der Waals surface area contributed by atoms with Crippen LogP contribution in [0.4, 0.5) is 5.82 Å². The molecular weight excluding hydrogens is 238 g/mol. The molecule has 2 unspecified atom stereocenters. The number of hydrogen-bond acceptors (Lipinski definition) is 6. The Morgan fingerprint density at radius 2 is 1.89 bits per heavy atom. The fourth-order valence-electron chi connectivity index (χ4n) is 1.98. The maximum Gasteiger partial charge on any atom is 0.356 e. The quantitative estimate of drug-likeness (QED) is 0.809. The highest BCUT2D eigenvalue weighted by molar-refractivity contribution is 5.84.